The van der Waals surface area contributed by atoms with Crippen molar-refractivity contribution in [3.05, 3.63) is 23.3 Å². The van der Waals surface area contributed by atoms with E-state index in [-0.39, 0.29) is 17.6 Å². The SMILES string of the molecule is C/C=C(/C)C(=O)OC1C=C(CO)C(=O)C(OC(=O)C2(C)OC2C)C1C(C)C. The Kier molecular flexibility index (Phi) is 6.27. The normalized spacial score (nSPS) is 33.6. The first kappa shape index (κ1) is 21.3. The van der Waals surface area contributed by atoms with Gasteiger partial charge in [-0.05, 0) is 39.7 Å². The third-order valence-electron chi connectivity index (χ3n) is 5.39. The van der Waals surface area contributed by atoms with Crippen molar-refractivity contribution in [2.75, 3.05) is 6.61 Å². The summed E-state index contributed by atoms with van der Waals surface area (Å²) in [6, 6.07) is 0. The predicted octanol–water partition coefficient (Wildman–Crippen LogP) is 1.73. The molecule has 1 saturated heterocycles. The molecule has 0 aromatic heterocycles. The van der Waals surface area contributed by atoms with Crippen LogP contribution in [0.3, 0.4) is 0 Å². The molecule has 1 heterocycles. The average Bonchev–Trinajstić information content (AvgIpc) is 3.24. The molecular formula is C20H28O7. The van der Waals surface area contributed by atoms with Crippen molar-refractivity contribution in [3.63, 3.8) is 0 Å². The van der Waals surface area contributed by atoms with Gasteiger partial charge in [-0.3, -0.25) is 4.79 Å². The molecule has 150 valence electrons. The minimum atomic E-state index is -1.15. The zero-order valence-electron chi connectivity index (χ0n) is 16.6. The summed E-state index contributed by atoms with van der Waals surface area (Å²) >= 11 is 0. The van der Waals surface area contributed by atoms with E-state index in [9.17, 15) is 19.5 Å². The second kappa shape index (κ2) is 7.94. The van der Waals surface area contributed by atoms with Gasteiger partial charge < -0.3 is 19.3 Å². The van der Waals surface area contributed by atoms with Gasteiger partial charge in [0.25, 0.3) is 0 Å². The smallest absolute Gasteiger partial charge is 0.341 e. The van der Waals surface area contributed by atoms with E-state index < -0.39 is 48.1 Å². The first-order valence-electron chi connectivity index (χ1n) is 9.15. The third-order valence-corrected chi connectivity index (χ3v) is 5.39. The zero-order valence-corrected chi connectivity index (χ0v) is 16.6. The van der Waals surface area contributed by atoms with Crippen LogP contribution in [0.1, 0.15) is 41.5 Å². The van der Waals surface area contributed by atoms with Crippen LogP contribution >= 0.6 is 0 Å². The molecule has 2 aliphatic rings. The van der Waals surface area contributed by atoms with E-state index in [0.29, 0.717) is 5.57 Å². The molecule has 0 amide bonds. The standard InChI is InChI=1S/C20H28O7/c1-7-11(4)18(23)25-14-8-13(9-21)16(22)17(15(14)10(2)3)26-19(24)20(6)12(5)27-20/h7-8,10,12,14-15,17,21H,9H2,1-6H3/b11-7-. The number of carbonyl (C=O) groups excluding carboxylic acids is 3. The van der Waals surface area contributed by atoms with Gasteiger partial charge in [-0.25, -0.2) is 9.59 Å². The number of aliphatic hydroxyl groups excluding tert-OH is 1. The number of aliphatic hydroxyl groups is 1. The van der Waals surface area contributed by atoms with Crippen LogP contribution in [0.2, 0.25) is 0 Å². The number of hydrogen-bond acceptors (Lipinski definition) is 7. The van der Waals surface area contributed by atoms with E-state index in [1.54, 1.807) is 33.8 Å². The van der Waals surface area contributed by atoms with E-state index in [4.69, 9.17) is 14.2 Å². The van der Waals surface area contributed by atoms with Gasteiger partial charge in [0.1, 0.15) is 6.10 Å². The number of rotatable bonds is 6. The third kappa shape index (κ3) is 4.14. The van der Waals surface area contributed by atoms with Gasteiger partial charge in [-0.2, -0.15) is 0 Å². The Balaban J connectivity index is 2.33. The lowest BCUT2D eigenvalue weighted by Gasteiger charge is -2.37. The Morgan fingerprint density at radius 1 is 1.37 bits per heavy atom. The number of ketones is 1. The van der Waals surface area contributed by atoms with Crippen molar-refractivity contribution in [2.45, 2.75) is 65.5 Å². The lowest BCUT2D eigenvalue weighted by molar-refractivity contribution is -0.170. The quantitative estimate of drug-likeness (QED) is 0.425. The first-order valence-corrected chi connectivity index (χ1v) is 9.15. The van der Waals surface area contributed by atoms with Crippen LogP contribution in [0.15, 0.2) is 23.3 Å². The monoisotopic (exact) mass is 380 g/mol. The fraction of sp³-hybridized carbons (Fsp3) is 0.650. The highest BCUT2D eigenvalue weighted by atomic mass is 16.7. The number of Topliss-reactive ketones (excluding diaryl/α,β-unsaturated/α-hetero) is 1. The van der Waals surface area contributed by atoms with E-state index >= 15 is 0 Å². The van der Waals surface area contributed by atoms with Crippen LogP contribution in [-0.4, -0.2) is 53.3 Å². The fourth-order valence-corrected chi connectivity index (χ4v) is 3.14. The van der Waals surface area contributed by atoms with Crippen molar-refractivity contribution in [3.8, 4) is 0 Å². The van der Waals surface area contributed by atoms with Crippen molar-refractivity contribution in [1.29, 1.82) is 0 Å². The topological polar surface area (TPSA) is 102 Å². The largest absolute Gasteiger partial charge is 0.454 e. The molecule has 1 aliphatic heterocycles. The molecule has 5 unspecified atom stereocenters. The molecule has 1 fully saturated rings. The molecule has 0 aromatic carbocycles. The maximum absolute atomic E-state index is 12.8. The maximum Gasteiger partial charge on any atom is 0.341 e. The van der Waals surface area contributed by atoms with Crippen LogP contribution in [0, 0.1) is 11.8 Å². The highest BCUT2D eigenvalue weighted by Gasteiger charge is 2.59. The lowest BCUT2D eigenvalue weighted by atomic mass is 9.77. The Morgan fingerprint density at radius 2 is 1.96 bits per heavy atom. The first-order chi connectivity index (χ1) is 12.6. The Bertz CT molecular complexity index is 690. The highest BCUT2D eigenvalue weighted by Crippen LogP contribution is 2.39. The van der Waals surface area contributed by atoms with Crippen LogP contribution < -0.4 is 0 Å². The van der Waals surface area contributed by atoms with Crippen LogP contribution in [-0.2, 0) is 28.6 Å². The number of ether oxygens (including phenoxy) is 3. The average molecular weight is 380 g/mol. The summed E-state index contributed by atoms with van der Waals surface area (Å²) in [5.74, 6) is -2.32. The van der Waals surface area contributed by atoms with Crippen molar-refractivity contribution in [1.82, 2.24) is 0 Å². The summed E-state index contributed by atoms with van der Waals surface area (Å²) < 4.78 is 16.4. The lowest BCUT2D eigenvalue weighted by Crippen LogP contribution is -2.50. The van der Waals surface area contributed by atoms with Crippen LogP contribution in [0.25, 0.3) is 0 Å². The van der Waals surface area contributed by atoms with Crippen LogP contribution in [0.5, 0.6) is 0 Å². The number of allylic oxidation sites excluding steroid dienone is 1. The Morgan fingerprint density at radius 3 is 2.41 bits per heavy atom. The molecule has 0 bridgehead atoms. The predicted molar refractivity (Wildman–Crippen MR) is 96.6 cm³/mol. The molecule has 27 heavy (non-hydrogen) atoms. The molecular weight excluding hydrogens is 352 g/mol. The summed E-state index contributed by atoms with van der Waals surface area (Å²) in [7, 11) is 0. The zero-order chi connectivity index (χ0) is 20.5. The molecule has 1 aliphatic carbocycles. The molecule has 5 atom stereocenters. The van der Waals surface area contributed by atoms with E-state index in [1.807, 2.05) is 13.8 Å². The number of hydrogen-bond donors (Lipinski definition) is 1. The maximum atomic E-state index is 12.8. The highest BCUT2D eigenvalue weighted by molar-refractivity contribution is 6.02. The van der Waals surface area contributed by atoms with Crippen LogP contribution in [0.4, 0.5) is 0 Å². The van der Waals surface area contributed by atoms with Crippen molar-refractivity contribution < 1.29 is 33.7 Å². The van der Waals surface area contributed by atoms with Gasteiger partial charge in [-0.1, -0.05) is 19.9 Å². The Hall–Kier alpha value is -1.99. The summed E-state index contributed by atoms with van der Waals surface area (Å²) in [4.78, 5) is 37.5. The summed E-state index contributed by atoms with van der Waals surface area (Å²) in [6.07, 6.45) is 0.842. The minimum Gasteiger partial charge on any atom is -0.454 e. The minimum absolute atomic E-state index is 0.0653. The van der Waals surface area contributed by atoms with E-state index in [2.05, 4.69) is 0 Å². The Labute approximate surface area is 159 Å². The van der Waals surface area contributed by atoms with Gasteiger partial charge in [0, 0.05) is 17.1 Å². The number of epoxide rings is 1. The van der Waals surface area contributed by atoms with Gasteiger partial charge in [0.2, 0.25) is 5.78 Å². The summed E-state index contributed by atoms with van der Waals surface area (Å²) in [5, 5.41) is 9.55. The molecule has 7 heteroatoms. The molecule has 2 rings (SSSR count). The van der Waals surface area contributed by atoms with Gasteiger partial charge >= 0.3 is 11.9 Å². The van der Waals surface area contributed by atoms with Gasteiger partial charge in [-0.15, -0.1) is 0 Å². The number of esters is 2. The second-order valence-electron chi connectivity index (χ2n) is 7.57. The van der Waals surface area contributed by atoms with E-state index in [1.165, 1.54) is 6.08 Å². The molecule has 7 nitrogen and oxygen atoms in total. The van der Waals surface area contributed by atoms with Gasteiger partial charge in [0.15, 0.2) is 11.7 Å². The molecule has 1 N–H and O–H groups in total. The molecule has 0 radical (unpaired) electrons. The summed E-state index contributed by atoms with van der Waals surface area (Å²) in [6.45, 7) is 9.88. The fourth-order valence-electron chi connectivity index (χ4n) is 3.14. The summed E-state index contributed by atoms with van der Waals surface area (Å²) in [5.41, 5.74) is -0.582. The van der Waals surface area contributed by atoms with E-state index in [0.717, 1.165) is 0 Å². The molecule has 0 aromatic rings. The molecule has 0 saturated carbocycles. The second-order valence-corrected chi connectivity index (χ2v) is 7.57. The van der Waals surface area contributed by atoms with Crippen molar-refractivity contribution in [2.24, 2.45) is 11.8 Å². The molecule has 0 spiro atoms. The number of carbonyl (C=O) groups is 3. The van der Waals surface area contributed by atoms with Crippen molar-refractivity contribution >= 4 is 17.7 Å². The van der Waals surface area contributed by atoms with Gasteiger partial charge in [0.05, 0.1) is 12.7 Å².